The zero-order chi connectivity index (χ0) is 13.8. The number of carbonyl (C=O) groups is 1. The second-order valence-electron chi connectivity index (χ2n) is 5.03. The van der Waals surface area contributed by atoms with E-state index in [4.69, 9.17) is 5.73 Å². The summed E-state index contributed by atoms with van der Waals surface area (Å²) in [5, 5.41) is 0. The van der Waals surface area contributed by atoms with E-state index in [9.17, 15) is 4.79 Å². The Labute approximate surface area is 114 Å². The Morgan fingerprint density at radius 1 is 1.47 bits per heavy atom. The average molecular weight is 262 g/mol. The van der Waals surface area contributed by atoms with E-state index in [-0.39, 0.29) is 5.91 Å². The second-order valence-corrected chi connectivity index (χ2v) is 5.03. The third kappa shape index (κ3) is 3.23. The smallest absolute Gasteiger partial charge is 0.272 e. The van der Waals surface area contributed by atoms with Crippen LogP contribution in [-0.2, 0) is 0 Å². The van der Waals surface area contributed by atoms with E-state index in [2.05, 4.69) is 16.8 Å². The predicted octanol–water partition coefficient (Wildman–Crippen LogP) is 1.22. The third-order valence-corrected chi connectivity index (χ3v) is 3.86. The molecule has 1 fully saturated rings. The molecule has 0 radical (unpaired) electrons. The first kappa shape index (κ1) is 13.8. The molecule has 2 N–H and O–H groups in total. The van der Waals surface area contributed by atoms with Crippen LogP contribution in [0.3, 0.4) is 0 Å². The SMILES string of the molecule is CCN1CCC(N(C)C(=O)c2cccc(N)n2)CC1. The number of rotatable bonds is 3. The largest absolute Gasteiger partial charge is 0.384 e. The fraction of sp³-hybridized carbons (Fsp3) is 0.571. The van der Waals surface area contributed by atoms with E-state index < -0.39 is 0 Å². The van der Waals surface area contributed by atoms with Gasteiger partial charge in [-0.2, -0.15) is 0 Å². The summed E-state index contributed by atoms with van der Waals surface area (Å²) in [5.41, 5.74) is 6.05. The predicted molar refractivity (Wildman–Crippen MR) is 75.9 cm³/mol. The number of aromatic nitrogens is 1. The van der Waals surface area contributed by atoms with Gasteiger partial charge >= 0.3 is 0 Å². The summed E-state index contributed by atoms with van der Waals surface area (Å²) >= 11 is 0. The van der Waals surface area contributed by atoms with Crippen molar-refractivity contribution < 1.29 is 4.79 Å². The number of nitrogens with zero attached hydrogens (tertiary/aromatic N) is 3. The first-order chi connectivity index (χ1) is 9.11. The van der Waals surface area contributed by atoms with E-state index in [0.29, 0.717) is 17.6 Å². The molecule has 1 aliphatic heterocycles. The van der Waals surface area contributed by atoms with Crippen LogP contribution >= 0.6 is 0 Å². The van der Waals surface area contributed by atoms with Crippen LogP contribution in [0, 0.1) is 0 Å². The molecule has 0 unspecified atom stereocenters. The number of amides is 1. The highest BCUT2D eigenvalue weighted by Crippen LogP contribution is 2.17. The van der Waals surface area contributed by atoms with Gasteiger partial charge in [-0.25, -0.2) is 4.98 Å². The zero-order valence-electron chi connectivity index (χ0n) is 11.7. The minimum atomic E-state index is -0.0396. The van der Waals surface area contributed by atoms with Crippen molar-refractivity contribution in [1.82, 2.24) is 14.8 Å². The van der Waals surface area contributed by atoms with Crippen LogP contribution in [0.25, 0.3) is 0 Å². The maximum atomic E-state index is 12.3. The van der Waals surface area contributed by atoms with Crippen molar-refractivity contribution in [3.05, 3.63) is 23.9 Å². The Morgan fingerprint density at radius 2 is 2.16 bits per heavy atom. The lowest BCUT2D eigenvalue weighted by Crippen LogP contribution is -2.45. The highest BCUT2D eigenvalue weighted by atomic mass is 16.2. The van der Waals surface area contributed by atoms with Gasteiger partial charge in [-0.05, 0) is 31.5 Å². The molecule has 2 heterocycles. The molecule has 1 aliphatic rings. The highest BCUT2D eigenvalue weighted by Gasteiger charge is 2.25. The second kappa shape index (κ2) is 6.02. The Bertz CT molecular complexity index is 441. The minimum Gasteiger partial charge on any atom is -0.384 e. The summed E-state index contributed by atoms with van der Waals surface area (Å²) in [6, 6.07) is 5.48. The number of carbonyl (C=O) groups excluding carboxylic acids is 1. The van der Waals surface area contributed by atoms with Crippen LogP contribution in [0.4, 0.5) is 5.82 Å². The van der Waals surface area contributed by atoms with Crippen LogP contribution in [0.15, 0.2) is 18.2 Å². The van der Waals surface area contributed by atoms with Gasteiger partial charge in [0.15, 0.2) is 0 Å². The number of likely N-dealkylation sites (tertiary alicyclic amines) is 1. The quantitative estimate of drug-likeness (QED) is 0.889. The summed E-state index contributed by atoms with van der Waals surface area (Å²) in [7, 11) is 1.86. The molecule has 0 spiro atoms. The normalized spacial score (nSPS) is 17.4. The fourth-order valence-electron chi connectivity index (χ4n) is 2.54. The Balaban J connectivity index is 2.00. The van der Waals surface area contributed by atoms with Gasteiger partial charge in [-0.3, -0.25) is 4.79 Å². The number of pyridine rings is 1. The molecule has 0 aromatic carbocycles. The van der Waals surface area contributed by atoms with Gasteiger partial charge in [0.2, 0.25) is 0 Å². The van der Waals surface area contributed by atoms with Gasteiger partial charge in [0, 0.05) is 26.2 Å². The number of anilines is 1. The van der Waals surface area contributed by atoms with Crippen LogP contribution in [-0.4, -0.2) is 53.4 Å². The van der Waals surface area contributed by atoms with Crippen molar-refractivity contribution in [2.45, 2.75) is 25.8 Å². The molecule has 0 aliphatic carbocycles. The Hall–Kier alpha value is -1.62. The van der Waals surface area contributed by atoms with Crippen molar-refractivity contribution in [3.8, 4) is 0 Å². The number of nitrogen functional groups attached to an aromatic ring is 1. The molecule has 1 aromatic heterocycles. The van der Waals surface area contributed by atoms with Crippen molar-refractivity contribution in [3.63, 3.8) is 0 Å². The first-order valence-electron chi connectivity index (χ1n) is 6.84. The van der Waals surface area contributed by atoms with Gasteiger partial charge in [0.05, 0.1) is 0 Å². The summed E-state index contributed by atoms with van der Waals surface area (Å²) in [6.45, 7) is 5.37. The van der Waals surface area contributed by atoms with E-state index in [1.807, 2.05) is 11.9 Å². The molecule has 5 heteroatoms. The topological polar surface area (TPSA) is 62.5 Å². The number of nitrogens with two attached hydrogens (primary N) is 1. The van der Waals surface area contributed by atoms with Crippen molar-refractivity contribution in [1.29, 1.82) is 0 Å². The Morgan fingerprint density at radius 3 is 2.74 bits per heavy atom. The lowest BCUT2D eigenvalue weighted by molar-refractivity contribution is 0.0641. The molecule has 0 saturated carbocycles. The third-order valence-electron chi connectivity index (χ3n) is 3.86. The summed E-state index contributed by atoms with van der Waals surface area (Å²) < 4.78 is 0. The zero-order valence-corrected chi connectivity index (χ0v) is 11.7. The maximum Gasteiger partial charge on any atom is 0.272 e. The van der Waals surface area contributed by atoms with Crippen molar-refractivity contribution >= 4 is 11.7 Å². The lowest BCUT2D eigenvalue weighted by atomic mass is 10.0. The van der Waals surface area contributed by atoms with Crippen LogP contribution < -0.4 is 5.73 Å². The Kier molecular flexibility index (Phi) is 4.37. The summed E-state index contributed by atoms with van der Waals surface area (Å²) in [4.78, 5) is 20.7. The van der Waals surface area contributed by atoms with Gasteiger partial charge in [-0.15, -0.1) is 0 Å². The van der Waals surface area contributed by atoms with E-state index >= 15 is 0 Å². The van der Waals surface area contributed by atoms with Crippen LogP contribution in [0.1, 0.15) is 30.3 Å². The molecule has 0 atom stereocenters. The van der Waals surface area contributed by atoms with E-state index in [1.54, 1.807) is 18.2 Å². The molecule has 5 nitrogen and oxygen atoms in total. The van der Waals surface area contributed by atoms with Gasteiger partial charge in [0.1, 0.15) is 11.5 Å². The monoisotopic (exact) mass is 262 g/mol. The van der Waals surface area contributed by atoms with Crippen molar-refractivity contribution in [2.24, 2.45) is 0 Å². The van der Waals surface area contributed by atoms with Crippen LogP contribution in [0.2, 0.25) is 0 Å². The van der Waals surface area contributed by atoms with Crippen molar-refractivity contribution in [2.75, 3.05) is 32.4 Å². The molecule has 1 amide bonds. The maximum absolute atomic E-state index is 12.3. The minimum absolute atomic E-state index is 0.0396. The van der Waals surface area contributed by atoms with E-state index in [1.165, 1.54) is 0 Å². The van der Waals surface area contributed by atoms with Gasteiger partial charge in [0.25, 0.3) is 5.91 Å². The van der Waals surface area contributed by atoms with Gasteiger partial charge in [-0.1, -0.05) is 13.0 Å². The number of hydrogen-bond acceptors (Lipinski definition) is 4. The first-order valence-corrected chi connectivity index (χ1v) is 6.84. The lowest BCUT2D eigenvalue weighted by Gasteiger charge is -2.36. The standard InChI is InChI=1S/C14H22N4O/c1-3-18-9-7-11(8-10-18)17(2)14(19)12-5-4-6-13(15)16-12/h4-6,11H,3,7-10H2,1-2H3,(H2,15,16). The van der Waals surface area contributed by atoms with Gasteiger partial charge < -0.3 is 15.5 Å². The molecule has 1 saturated heterocycles. The molecule has 104 valence electrons. The summed E-state index contributed by atoms with van der Waals surface area (Å²) in [5.74, 6) is 0.349. The molecular weight excluding hydrogens is 240 g/mol. The molecular formula is C14H22N4O. The highest BCUT2D eigenvalue weighted by molar-refractivity contribution is 5.92. The number of piperidine rings is 1. The molecule has 2 rings (SSSR count). The van der Waals surface area contributed by atoms with E-state index in [0.717, 1.165) is 32.5 Å². The van der Waals surface area contributed by atoms with Crippen LogP contribution in [0.5, 0.6) is 0 Å². The molecule has 19 heavy (non-hydrogen) atoms. The summed E-state index contributed by atoms with van der Waals surface area (Å²) in [6.07, 6.45) is 2.05. The average Bonchev–Trinajstić information content (AvgIpc) is 2.46. The molecule has 1 aromatic rings. The number of hydrogen-bond donors (Lipinski definition) is 1. The fourth-order valence-corrected chi connectivity index (χ4v) is 2.54. The molecule has 0 bridgehead atoms.